The normalized spacial score (nSPS) is 15.8. The first-order valence-electron chi connectivity index (χ1n) is 8.78. The Morgan fingerprint density at radius 1 is 1.14 bits per heavy atom. The van der Waals surface area contributed by atoms with E-state index < -0.39 is 31.8 Å². The Bertz CT molecular complexity index is 832. The minimum Gasteiger partial charge on any atom is -0.339 e. The van der Waals surface area contributed by atoms with Gasteiger partial charge in [-0.25, -0.2) is 13.4 Å². The number of nitrogens with zero attached hydrogens (tertiary/aromatic N) is 3. The van der Waals surface area contributed by atoms with Crippen LogP contribution in [0.25, 0.3) is 0 Å². The molecule has 1 fully saturated rings. The van der Waals surface area contributed by atoms with Crippen molar-refractivity contribution in [1.29, 1.82) is 0 Å². The zero-order valence-electron chi connectivity index (χ0n) is 15.6. The number of alkyl halides is 3. The SMILES string of the molecule is CC(C)CCC(=O)N1CCN(C(=O)c2cccnc2S(=O)(=O)C(F)(F)F)CC1. The predicted octanol–water partition coefficient (Wildman–Crippen LogP) is 2.10. The fourth-order valence-corrected chi connectivity index (χ4v) is 3.64. The van der Waals surface area contributed by atoms with Gasteiger partial charge in [0.05, 0.1) is 5.56 Å². The van der Waals surface area contributed by atoms with E-state index in [-0.39, 0.29) is 32.1 Å². The molecular weight excluding hydrogens is 399 g/mol. The van der Waals surface area contributed by atoms with Crippen molar-refractivity contribution in [3.05, 3.63) is 23.9 Å². The van der Waals surface area contributed by atoms with Gasteiger partial charge in [0.1, 0.15) is 0 Å². The number of piperazine rings is 1. The third-order valence-electron chi connectivity index (χ3n) is 4.42. The van der Waals surface area contributed by atoms with Crippen LogP contribution in [-0.2, 0) is 14.6 Å². The van der Waals surface area contributed by atoms with E-state index in [2.05, 4.69) is 4.98 Å². The van der Waals surface area contributed by atoms with Crippen LogP contribution >= 0.6 is 0 Å². The van der Waals surface area contributed by atoms with Crippen molar-refractivity contribution >= 4 is 21.7 Å². The Balaban J connectivity index is 2.12. The number of carbonyl (C=O) groups is 2. The van der Waals surface area contributed by atoms with Gasteiger partial charge in [-0.2, -0.15) is 13.2 Å². The summed E-state index contributed by atoms with van der Waals surface area (Å²) >= 11 is 0. The molecular formula is C17H22F3N3O4S. The molecule has 0 aliphatic carbocycles. The van der Waals surface area contributed by atoms with Crippen LogP contribution < -0.4 is 0 Å². The molecule has 1 aliphatic rings. The summed E-state index contributed by atoms with van der Waals surface area (Å²) in [6.07, 6.45) is 2.02. The van der Waals surface area contributed by atoms with Gasteiger partial charge in [0.15, 0.2) is 5.03 Å². The Morgan fingerprint density at radius 3 is 2.25 bits per heavy atom. The summed E-state index contributed by atoms with van der Waals surface area (Å²) in [6.45, 7) is 4.70. The molecule has 156 valence electrons. The van der Waals surface area contributed by atoms with Crippen molar-refractivity contribution in [2.45, 2.75) is 37.2 Å². The number of carbonyl (C=O) groups excluding carboxylic acids is 2. The molecule has 0 saturated carbocycles. The third kappa shape index (κ3) is 4.81. The van der Waals surface area contributed by atoms with E-state index in [9.17, 15) is 31.2 Å². The van der Waals surface area contributed by atoms with Crippen LogP contribution in [0.15, 0.2) is 23.4 Å². The number of amides is 2. The van der Waals surface area contributed by atoms with E-state index in [4.69, 9.17) is 0 Å². The molecule has 0 N–H and O–H groups in total. The first-order chi connectivity index (χ1) is 12.9. The number of pyridine rings is 1. The lowest BCUT2D eigenvalue weighted by Gasteiger charge is -2.35. The highest BCUT2D eigenvalue weighted by Crippen LogP contribution is 2.31. The number of hydrogen-bond acceptors (Lipinski definition) is 5. The van der Waals surface area contributed by atoms with Gasteiger partial charge in [-0.15, -0.1) is 0 Å². The molecule has 1 aromatic rings. The van der Waals surface area contributed by atoms with Gasteiger partial charge in [0.2, 0.25) is 5.91 Å². The molecule has 2 rings (SSSR count). The summed E-state index contributed by atoms with van der Waals surface area (Å²) in [7, 11) is -5.75. The number of rotatable bonds is 5. The second-order valence-electron chi connectivity index (χ2n) is 6.91. The fourth-order valence-electron chi connectivity index (χ4n) is 2.78. The molecule has 1 aliphatic heterocycles. The van der Waals surface area contributed by atoms with Gasteiger partial charge in [-0.1, -0.05) is 13.8 Å². The van der Waals surface area contributed by atoms with Crippen LogP contribution in [0.2, 0.25) is 0 Å². The summed E-state index contributed by atoms with van der Waals surface area (Å²) in [4.78, 5) is 30.9. The quantitative estimate of drug-likeness (QED) is 0.727. The van der Waals surface area contributed by atoms with E-state index >= 15 is 0 Å². The zero-order chi connectivity index (χ0) is 21.1. The maximum absolute atomic E-state index is 12.9. The van der Waals surface area contributed by atoms with E-state index in [1.165, 1.54) is 11.0 Å². The Morgan fingerprint density at radius 2 is 1.71 bits per heavy atom. The summed E-state index contributed by atoms with van der Waals surface area (Å²) in [5.74, 6) is -0.515. The molecule has 0 radical (unpaired) electrons. The maximum atomic E-state index is 12.9. The summed E-state index contributed by atoms with van der Waals surface area (Å²) in [6, 6.07) is 2.21. The first kappa shape index (κ1) is 22.1. The van der Waals surface area contributed by atoms with Crippen molar-refractivity contribution in [3.63, 3.8) is 0 Å². The molecule has 0 atom stereocenters. The molecule has 2 heterocycles. The lowest BCUT2D eigenvalue weighted by atomic mass is 10.1. The standard InChI is InChI=1S/C17H22F3N3O4S/c1-12(2)5-6-14(24)22-8-10-23(11-9-22)16(25)13-4-3-7-21-15(13)28(26,27)17(18,19)20/h3-4,7,12H,5-6,8-11H2,1-2H3. The monoisotopic (exact) mass is 421 g/mol. The van der Waals surface area contributed by atoms with Crippen LogP contribution in [0.1, 0.15) is 37.0 Å². The third-order valence-corrected chi connectivity index (χ3v) is 5.86. The molecule has 0 aromatic carbocycles. The Labute approximate surface area is 161 Å². The molecule has 0 unspecified atom stereocenters. The molecule has 2 amide bonds. The van der Waals surface area contributed by atoms with Crippen molar-refractivity contribution in [1.82, 2.24) is 14.8 Å². The lowest BCUT2D eigenvalue weighted by molar-refractivity contribution is -0.132. The van der Waals surface area contributed by atoms with Crippen LogP contribution in [0, 0.1) is 5.92 Å². The average Bonchev–Trinajstić information content (AvgIpc) is 2.64. The molecule has 28 heavy (non-hydrogen) atoms. The second-order valence-corrected chi connectivity index (χ2v) is 8.77. The number of halogens is 3. The van der Waals surface area contributed by atoms with E-state index in [0.717, 1.165) is 18.7 Å². The number of aromatic nitrogens is 1. The van der Waals surface area contributed by atoms with Crippen LogP contribution in [0.5, 0.6) is 0 Å². The van der Waals surface area contributed by atoms with Crippen molar-refractivity contribution in [3.8, 4) is 0 Å². The molecule has 1 saturated heterocycles. The van der Waals surface area contributed by atoms with Gasteiger partial charge in [-0.05, 0) is 24.5 Å². The van der Waals surface area contributed by atoms with Crippen molar-refractivity contribution in [2.75, 3.05) is 26.2 Å². The highest BCUT2D eigenvalue weighted by molar-refractivity contribution is 7.92. The van der Waals surface area contributed by atoms with Gasteiger partial charge in [-0.3, -0.25) is 9.59 Å². The van der Waals surface area contributed by atoms with Crippen LogP contribution in [-0.4, -0.2) is 66.7 Å². The number of sulfone groups is 1. The predicted molar refractivity (Wildman–Crippen MR) is 94.0 cm³/mol. The largest absolute Gasteiger partial charge is 0.503 e. The van der Waals surface area contributed by atoms with Gasteiger partial charge < -0.3 is 9.80 Å². The molecule has 0 spiro atoms. The van der Waals surface area contributed by atoms with Gasteiger partial charge in [0, 0.05) is 38.8 Å². The van der Waals surface area contributed by atoms with E-state index in [0.29, 0.717) is 12.3 Å². The fraction of sp³-hybridized carbons (Fsp3) is 0.588. The second kappa shape index (κ2) is 8.46. The summed E-state index contributed by atoms with van der Waals surface area (Å²) in [5.41, 5.74) is -6.18. The zero-order valence-corrected chi connectivity index (χ0v) is 16.4. The molecule has 1 aromatic heterocycles. The van der Waals surface area contributed by atoms with Gasteiger partial charge >= 0.3 is 5.51 Å². The van der Waals surface area contributed by atoms with E-state index in [1.807, 2.05) is 13.8 Å². The minimum absolute atomic E-state index is 0.0393. The average molecular weight is 421 g/mol. The van der Waals surface area contributed by atoms with Crippen molar-refractivity contribution < 1.29 is 31.2 Å². The summed E-state index contributed by atoms with van der Waals surface area (Å²) in [5, 5.41) is -1.30. The molecule has 7 nitrogen and oxygen atoms in total. The highest BCUT2D eigenvalue weighted by Gasteiger charge is 2.49. The Hall–Kier alpha value is -2.17. The maximum Gasteiger partial charge on any atom is 0.503 e. The van der Waals surface area contributed by atoms with E-state index in [1.54, 1.807) is 4.90 Å². The smallest absolute Gasteiger partial charge is 0.339 e. The molecule has 0 bridgehead atoms. The highest BCUT2D eigenvalue weighted by atomic mass is 32.2. The topological polar surface area (TPSA) is 87.7 Å². The first-order valence-corrected chi connectivity index (χ1v) is 10.3. The minimum atomic E-state index is -5.75. The van der Waals surface area contributed by atoms with Crippen LogP contribution in [0.4, 0.5) is 13.2 Å². The lowest BCUT2D eigenvalue weighted by Crippen LogP contribution is -2.50. The van der Waals surface area contributed by atoms with Gasteiger partial charge in [0.25, 0.3) is 15.7 Å². The Kier molecular flexibility index (Phi) is 6.68. The molecule has 11 heteroatoms. The summed E-state index contributed by atoms with van der Waals surface area (Å²) < 4.78 is 62.1. The van der Waals surface area contributed by atoms with Crippen LogP contribution in [0.3, 0.4) is 0 Å². The van der Waals surface area contributed by atoms with Crippen molar-refractivity contribution in [2.24, 2.45) is 5.92 Å². The number of hydrogen-bond donors (Lipinski definition) is 0.